The minimum Gasteiger partial charge on any atom is -0.451 e. The molecule has 0 unspecified atom stereocenters. The van der Waals surface area contributed by atoms with E-state index in [2.05, 4.69) is 5.32 Å². The summed E-state index contributed by atoms with van der Waals surface area (Å²) in [6.07, 6.45) is 0. The molecule has 0 aliphatic heterocycles. The van der Waals surface area contributed by atoms with E-state index in [1.165, 1.54) is 6.07 Å². The summed E-state index contributed by atoms with van der Waals surface area (Å²) in [7, 11) is 3.92. The molecule has 2 aromatic heterocycles. The summed E-state index contributed by atoms with van der Waals surface area (Å²) >= 11 is 7.70. The van der Waals surface area contributed by atoms with E-state index in [9.17, 15) is 9.59 Å². The van der Waals surface area contributed by atoms with Gasteiger partial charge in [-0.25, -0.2) is 0 Å². The number of nitrogens with one attached hydrogen (secondary N) is 1. The minimum atomic E-state index is -0.417. The molecule has 2 heterocycles. The fourth-order valence-corrected chi connectivity index (χ4v) is 3.77. The Labute approximate surface area is 160 Å². The number of amides is 1. The molecule has 7 heteroatoms. The fourth-order valence-electron chi connectivity index (χ4n) is 2.68. The minimum absolute atomic E-state index is 0.00657. The van der Waals surface area contributed by atoms with Gasteiger partial charge in [-0.1, -0.05) is 17.7 Å². The van der Waals surface area contributed by atoms with Crippen molar-refractivity contribution in [3.8, 4) is 0 Å². The van der Waals surface area contributed by atoms with Gasteiger partial charge >= 0.3 is 0 Å². The van der Waals surface area contributed by atoms with Crippen LogP contribution in [-0.4, -0.2) is 31.4 Å². The molecule has 0 aliphatic rings. The van der Waals surface area contributed by atoms with Crippen LogP contribution in [-0.2, 0) is 0 Å². The highest BCUT2D eigenvalue weighted by molar-refractivity contribution is 7.10. The van der Waals surface area contributed by atoms with E-state index in [1.807, 2.05) is 43.4 Å². The van der Waals surface area contributed by atoms with Crippen LogP contribution in [0.2, 0.25) is 5.02 Å². The van der Waals surface area contributed by atoms with Gasteiger partial charge in [-0.05, 0) is 50.2 Å². The largest absolute Gasteiger partial charge is 0.451 e. The number of likely N-dealkylation sites (N-methyl/N-ethyl adjacent to an activating group) is 1. The highest BCUT2D eigenvalue weighted by atomic mass is 35.5. The monoisotopic (exact) mass is 390 g/mol. The summed E-state index contributed by atoms with van der Waals surface area (Å²) < 4.78 is 5.64. The standard InChI is InChI=1S/C19H19ClN2O3S/c1-11-7-16-12(8-13(11)20)15(23)9-17(25-16)19(24)21-10-14(22(2)3)18-5-4-6-26-18/h4-9,14H,10H2,1-3H3,(H,21,24)/t14-/m1/s1. The first-order valence-corrected chi connectivity index (χ1v) is 9.34. The number of hydrogen-bond acceptors (Lipinski definition) is 5. The first-order chi connectivity index (χ1) is 12.4. The van der Waals surface area contributed by atoms with Crippen LogP contribution in [0.15, 0.2) is 44.9 Å². The molecule has 1 aromatic carbocycles. The Morgan fingerprint density at radius 1 is 1.35 bits per heavy atom. The van der Waals surface area contributed by atoms with Gasteiger partial charge in [-0.15, -0.1) is 11.3 Å². The lowest BCUT2D eigenvalue weighted by molar-refractivity contribution is 0.0915. The zero-order valence-electron chi connectivity index (χ0n) is 14.7. The Hall–Kier alpha value is -2.15. The lowest BCUT2D eigenvalue weighted by Crippen LogP contribution is -2.34. The summed E-state index contributed by atoms with van der Waals surface area (Å²) in [5, 5.41) is 5.71. The van der Waals surface area contributed by atoms with Crippen molar-refractivity contribution in [1.29, 1.82) is 0 Å². The summed E-state index contributed by atoms with van der Waals surface area (Å²) in [4.78, 5) is 28.0. The number of rotatable bonds is 5. The summed E-state index contributed by atoms with van der Waals surface area (Å²) in [5.41, 5.74) is 0.845. The molecule has 0 saturated heterocycles. The molecule has 1 amide bonds. The number of benzene rings is 1. The molecule has 3 rings (SSSR count). The molecule has 26 heavy (non-hydrogen) atoms. The van der Waals surface area contributed by atoms with Crippen molar-refractivity contribution in [3.05, 3.63) is 67.2 Å². The highest BCUT2D eigenvalue weighted by Gasteiger charge is 2.18. The SMILES string of the molecule is Cc1cc2oc(C(=O)NC[C@H](c3cccs3)N(C)C)cc(=O)c2cc1Cl. The second-order valence-corrected chi connectivity index (χ2v) is 7.66. The summed E-state index contributed by atoms with van der Waals surface area (Å²) in [5.74, 6) is -0.423. The van der Waals surface area contributed by atoms with E-state index < -0.39 is 5.91 Å². The van der Waals surface area contributed by atoms with Gasteiger partial charge in [0.25, 0.3) is 5.91 Å². The Balaban J connectivity index is 1.83. The summed E-state index contributed by atoms with van der Waals surface area (Å²) in [6, 6.07) is 8.51. The van der Waals surface area contributed by atoms with E-state index in [1.54, 1.807) is 23.5 Å². The van der Waals surface area contributed by atoms with E-state index in [0.717, 1.165) is 10.4 Å². The molecule has 0 radical (unpaired) electrons. The predicted molar refractivity (Wildman–Crippen MR) is 105 cm³/mol. The van der Waals surface area contributed by atoms with Gasteiger partial charge in [0.05, 0.1) is 11.4 Å². The summed E-state index contributed by atoms with van der Waals surface area (Å²) in [6.45, 7) is 2.23. The third-order valence-electron chi connectivity index (χ3n) is 4.18. The maximum absolute atomic E-state index is 12.5. The average Bonchev–Trinajstić information content (AvgIpc) is 3.10. The van der Waals surface area contributed by atoms with E-state index >= 15 is 0 Å². The van der Waals surface area contributed by atoms with Gasteiger partial charge in [0.15, 0.2) is 11.2 Å². The smallest absolute Gasteiger partial charge is 0.287 e. The number of nitrogens with zero attached hydrogens (tertiary/aromatic N) is 1. The van der Waals surface area contributed by atoms with Crippen LogP contribution in [0, 0.1) is 6.92 Å². The molecular weight excluding hydrogens is 372 g/mol. The number of carbonyl (C=O) groups excluding carboxylic acids is 1. The average molecular weight is 391 g/mol. The molecule has 0 spiro atoms. The van der Waals surface area contributed by atoms with Crippen molar-refractivity contribution in [2.75, 3.05) is 20.6 Å². The quantitative estimate of drug-likeness (QED) is 0.718. The lowest BCUT2D eigenvalue weighted by Gasteiger charge is -2.23. The molecule has 5 nitrogen and oxygen atoms in total. The van der Waals surface area contributed by atoms with E-state index in [-0.39, 0.29) is 17.2 Å². The lowest BCUT2D eigenvalue weighted by atomic mass is 10.1. The first-order valence-electron chi connectivity index (χ1n) is 8.09. The maximum atomic E-state index is 12.5. The van der Waals surface area contributed by atoms with Crippen LogP contribution < -0.4 is 10.7 Å². The van der Waals surface area contributed by atoms with Crippen LogP contribution in [0.5, 0.6) is 0 Å². The fraction of sp³-hybridized carbons (Fsp3) is 0.263. The third kappa shape index (κ3) is 3.82. The van der Waals surface area contributed by atoms with Gasteiger partial charge in [0.2, 0.25) is 0 Å². The van der Waals surface area contributed by atoms with Crippen LogP contribution in [0.3, 0.4) is 0 Å². The van der Waals surface area contributed by atoms with Crippen LogP contribution >= 0.6 is 22.9 Å². The number of halogens is 1. The zero-order chi connectivity index (χ0) is 18.8. The molecule has 0 bridgehead atoms. The number of fused-ring (bicyclic) bond motifs is 1. The van der Waals surface area contributed by atoms with Gasteiger partial charge in [-0.3, -0.25) is 9.59 Å². The van der Waals surface area contributed by atoms with Crippen molar-refractivity contribution in [2.45, 2.75) is 13.0 Å². The van der Waals surface area contributed by atoms with Crippen molar-refractivity contribution in [2.24, 2.45) is 0 Å². The van der Waals surface area contributed by atoms with Crippen LogP contribution in [0.1, 0.15) is 27.0 Å². The van der Waals surface area contributed by atoms with Crippen LogP contribution in [0.25, 0.3) is 11.0 Å². The van der Waals surface area contributed by atoms with E-state index in [4.69, 9.17) is 16.0 Å². The van der Waals surface area contributed by atoms with Crippen molar-refractivity contribution < 1.29 is 9.21 Å². The number of aryl methyl sites for hydroxylation is 1. The Morgan fingerprint density at radius 3 is 2.77 bits per heavy atom. The molecule has 136 valence electrons. The Bertz CT molecular complexity index is 996. The number of hydrogen-bond donors (Lipinski definition) is 1. The van der Waals surface area contributed by atoms with Gasteiger partial charge in [0, 0.05) is 22.5 Å². The first kappa shape index (κ1) is 18.6. The Morgan fingerprint density at radius 2 is 2.12 bits per heavy atom. The van der Waals surface area contributed by atoms with Crippen molar-refractivity contribution in [3.63, 3.8) is 0 Å². The zero-order valence-corrected chi connectivity index (χ0v) is 16.3. The van der Waals surface area contributed by atoms with Gasteiger partial charge < -0.3 is 14.6 Å². The molecule has 3 aromatic rings. The topological polar surface area (TPSA) is 62.6 Å². The molecular formula is C19H19ClN2O3S. The third-order valence-corrected chi connectivity index (χ3v) is 5.56. The number of thiophene rings is 1. The normalized spacial score (nSPS) is 12.5. The molecule has 0 aliphatic carbocycles. The van der Waals surface area contributed by atoms with E-state index in [0.29, 0.717) is 22.5 Å². The second-order valence-electron chi connectivity index (χ2n) is 6.28. The molecule has 1 atom stereocenters. The second kappa shape index (κ2) is 7.61. The van der Waals surface area contributed by atoms with Gasteiger partial charge in [-0.2, -0.15) is 0 Å². The predicted octanol–water partition coefficient (Wildman–Crippen LogP) is 3.85. The molecule has 1 N–H and O–H groups in total. The Kier molecular flexibility index (Phi) is 5.46. The number of carbonyl (C=O) groups is 1. The molecule has 0 fully saturated rings. The van der Waals surface area contributed by atoms with Crippen molar-refractivity contribution in [1.82, 2.24) is 10.2 Å². The maximum Gasteiger partial charge on any atom is 0.287 e. The van der Waals surface area contributed by atoms with Crippen LogP contribution in [0.4, 0.5) is 0 Å². The van der Waals surface area contributed by atoms with Gasteiger partial charge in [0.1, 0.15) is 5.58 Å². The van der Waals surface area contributed by atoms with Crippen molar-refractivity contribution >= 4 is 39.8 Å². The highest BCUT2D eigenvalue weighted by Crippen LogP contribution is 2.23. The molecule has 0 saturated carbocycles.